The molecule has 1 aromatic rings. The molecule has 0 aliphatic heterocycles. The molecule has 0 heterocycles. The van der Waals surface area contributed by atoms with Gasteiger partial charge in [-0.2, -0.15) is 0 Å². The van der Waals surface area contributed by atoms with Gasteiger partial charge >= 0.3 is 0 Å². The van der Waals surface area contributed by atoms with Crippen LogP contribution in [0.5, 0.6) is 0 Å². The summed E-state index contributed by atoms with van der Waals surface area (Å²) in [6, 6.07) is 7.91. The third-order valence-electron chi connectivity index (χ3n) is 4.25. The molecule has 112 valence electrons. The van der Waals surface area contributed by atoms with Gasteiger partial charge in [0.2, 0.25) is 0 Å². The third-order valence-corrected chi connectivity index (χ3v) is 5.44. The normalized spacial score (nSPS) is 11.7. The van der Waals surface area contributed by atoms with Gasteiger partial charge in [-0.15, -0.1) is 0 Å². The number of rotatable bonds is 7. The first-order valence-electron chi connectivity index (χ1n) is 7.42. The van der Waals surface area contributed by atoms with E-state index in [1.54, 1.807) is 0 Å². The molecule has 0 atom stereocenters. The minimum Gasteiger partial charge on any atom is -0.351 e. The summed E-state index contributed by atoms with van der Waals surface area (Å²) >= 11 is 3.57. The summed E-state index contributed by atoms with van der Waals surface area (Å²) in [7, 11) is 0. The minimum absolute atomic E-state index is 0.0209. The second-order valence-corrected chi connectivity index (χ2v) is 6.36. The van der Waals surface area contributed by atoms with Crippen LogP contribution < -0.4 is 5.32 Å². The Labute approximate surface area is 131 Å². The number of benzene rings is 1. The Kier molecular flexibility index (Phi) is 6.74. The Balaban J connectivity index is 2.67. The second-order valence-electron chi connectivity index (χ2n) is 5.80. The average Bonchev–Trinajstić information content (AvgIpc) is 2.49. The number of carbonyl (C=O) groups excluding carboxylic acids is 1. The van der Waals surface area contributed by atoms with E-state index < -0.39 is 0 Å². The van der Waals surface area contributed by atoms with Gasteiger partial charge in [-0.3, -0.25) is 4.79 Å². The van der Waals surface area contributed by atoms with E-state index in [2.05, 4.69) is 48.9 Å². The Morgan fingerprint density at radius 2 is 1.75 bits per heavy atom. The SMILES string of the molecule is CCC(CC)(CBr)CNC(=O)c1ccc(C(C)C)cc1. The summed E-state index contributed by atoms with van der Waals surface area (Å²) in [4.78, 5) is 12.2. The molecule has 3 heteroatoms. The van der Waals surface area contributed by atoms with Crippen molar-refractivity contribution >= 4 is 21.8 Å². The largest absolute Gasteiger partial charge is 0.351 e. The Bertz CT molecular complexity index is 413. The molecule has 0 radical (unpaired) electrons. The summed E-state index contributed by atoms with van der Waals surface area (Å²) < 4.78 is 0. The number of alkyl halides is 1. The summed E-state index contributed by atoms with van der Waals surface area (Å²) in [6.07, 6.45) is 2.11. The molecule has 1 rings (SSSR count). The summed E-state index contributed by atoms with van der Waals surface area (Å²) in [6.45, 7) is 9.38. The lowest BCUT2D eigenvalue weighted by atomic mass is 9.84. The predicted molar refractivity (Wildman–Crippen MR) is 89.7 cm³/mol. The van der Waals surface area contributed by atoms with Gasteiger partial charge in [-0.05, 0) is 41.9 Å². The molecule has 0 unspecified atom stereocenters. The molecule has 20 heavy (non-hydrogen) atoms. The molecule has 1 amide bonds. The molecule has 0 saturated heterocycles. The summed E-state index contributed by atoms with van der Waals surface area (Å²) in [5.41, 5.74) is 2.16. The van der Waals surface area contributed by atoms with Crippen molar-refractivity contribution in [1.29, 1.82) is 0 Å². The number of amides is 1. The zero-order chi connectivity index (χ0) is 15.2. The number of halogens is 1. The van der Waals surface area contributed by atoms with Gasteiger partial charge in [0.25, 0.3) is 5.91 Å². The smallest absolute Gasteiger partial charge is 0.251 e. The van der Waals surface area contributed by atoms with Gasteiger partial charge in [-0.25, -0.2) is 0 Å². The van der Waals surface area contributed by atoms with Crippen LogP contribution in [-0.4, -0.2) is 17.8 Å². The second kappa shape index (κ2) is 7.82. The Hall–Kier alpha value is -0.830. The van der Waals surface area contributed by atoms with Gasteiger partial charge in [-0.1, -0.05) is 55.8 Å². The van der Waals surface area contributed by atoms with E-state index in [9.17, 15) is 4.79 Å². The van der Waals surface area contributed by atoms with Crippen molar-refractivity contribution in [2.45, 2.75) is 46.5 Å². The first kappa shape index (κ1) is 17.2. The zero-order valence-corrected chi connectivity index (χ0v) is 14.6. The number of hydrogen-bond acceptors (Lipinski definition) is 1. The van der Waals surface area contributed by atoms with Crippen molar-refractivity contribution in [2.75, 3.05) is 11.9 Å². The molecule has 2 nitrogen and oxygen atoms in total. The van der Waals surface area contributed by atoms with Crippen molar-refractivity contribution in [3.05, 3.63) is 35.4 Å². The average molecular weight is 340 g/mol. The van der Waals surface area contributed by atoms with Crippen molar-refractivity contribution in [3.8, 4) is 0 Å². The molecule has 0 spiro atoms. The van der Waals surface area contributed by atoms with Crippen molar-refractivity contribution in [2.24, 2.45) is 5.41 Å². The molecule has 1 aromatic carbocycles. The van der Waals surface area contributed by atoms with Gasteiger partial charge < -0.3 is 5.32 Å². The van der Waals surface area contributed by atoms with Crippen LogP contribution in [-0.2, 0) is 0 Å². The predicted octanol–water partition coefficient (Wildman–Crippen LogP) is 4.74. The van der Waals surface area contributed by atoms with Crippen LogP contribution in [0.2, 0.25) is 0 Å². The molecular formula is C17H26BrNO. The molecule has 1 N–H and O–H groups in total. The highest BCUT2D eigenvalue weighted by atomic mass is 79.9. The maximum Gasteiger partial charge on any atom is 0.251 e. The van der Waals surface area contributed by atoms with Crippen LogP contribution in [0.1, 0.15) is 62.4 Å². The highest BCUT2D eigenvalue weighted by Crippen LogP contribution is 2.27. The van der Waals surface area contributed by atoms with Crippen molar-refractivity contribution in [3.63, 3.8) is 0 Å². The van der Waals surface area contributed by atoms with Crippen LogP contribution in [0.4, 0.5) is 0 Å². The first-order valence-corrected chi connectivity index (χ1v) is 8.54. The molecule has 0 saturated carbocycles. The van der Waals surface area contributed by atoms with Crippen molar-refractivity contribution < 1.29 is 4.79 Å². The fourth-order valence-electron chi connectivity index (χ4n) is 2.13. The summed E-state index contributed by atoms with van der Waals surface area (Å²) in [5, 5.41) is 3.99. The van der Waals surface area contributed by atoms with Crippen LogP contribution in [0, 0.1) is 5.41 Å². The van der Waals surface area contributed by atoms with Gasteiger partial charge in [0, 0.05) is 17.4 Å². The monoisotopic (exact) mass is 339 g/mol. The van der Waals surface area contributed by atoms with E-state index in [1.807, 2.05) is 24.3 Å². The van der Waals surface area contributed by atoms with E-state index in [-0.39, 0.29) is 11.3 Å². The van der Waals surface area contributed by atoms with Crippen LogP contribution in [0.15, 0.2) is 24.3 Å². The van der Waals surface area contributed by atoms with Gasteiger partial charge in [0.1, 0.15) is 0 Å². The van der Waals surface area contributed by atoms with Gasteiger partial charge in [0.15, 0.2) is 0 Å². The number of nitrogens with one attached hydrogen (secondary N) is 1. The molecule has 0 fully saturated rings. The maximum atomic E-state index is 12.2. The van der Waals surface area contributed by atoms with E-state index in [4.69, 9.17) is 0 Å². The Morgan fingerprint density at radius 3 is 2.15 bits per heavy atom. The van der Waals surface area contributed by atoms with E-state index >= 15 is 0 Å². The third kappa shape index (κ3) is 4.34. The summed E-state index contributed by atoms with van der Waals surface area (Å²) in [5.74, 6) is 0.515. The van der Waals surface area contributed by atoms with Crippen LogP contribution in [0.25, 0.3) is 0 Å². The molecule has 0 aliphatic rings. The van der Waals surface area contributed by atoms with Crippen LogP contribution in [0.3, 0.4) is 0 Å². The first-order chi connectivity index (χ1) is 9.48. The lowest BCUT2D eigenvalue weighted by molar-refractivity contribution is 0.0932. The lowest BCUT2D eigenvalue weighted by Crippen LogP contribution is -2.38. The minimum atomic E-state index is 0.0209. The number of carbonyl (C=O) groups is 1. The van der Waals surface area contributed by atoms with Crippen molar-refractivity contribution in [1.82, 2.24) is 5.32 Å². The van der Waals surface area contributed by atoms with Gasteiger partial charge in [0.05, 0.1) is 0 Å². The highest BCUT2D eigenvalue weighted by molar-refractivity contribution is 9.09. The van der Waals surface area contributed by atoms with E-state index in [1.165, 1.54) is 5.56 Å². The topological polar surface area (TPSA) is 29.1 Å². The Morgan fingerprint density at radius 1 is 1.20 bits per heavy atom. The highest BCUT2D eigenvalue weighted by Gasteiger charge is 2.25. The fourth-order valence-corrected chi connectivity index (χ4v) is 3.12. The lowest BCUT2D eigenvalue weighted by Gasteiger charge is -2.29. The molecule has 0 bridgehead atoms. The molecule has 0 aliphatic carbocycles. The fraction of sp³-hybridized carbons (Fsp3) is 0.588. The standard InChI is InChI=1S/C17H26BrNO/c1-5-17(6-2,11-18)12-19-16(20)15-9-7-14(8-10-15)13(3)4/h7-10,13H,5-6,11-12H2,1-4H3,(H,19,20). The van der Waals surface area contributed by atoms with E-state index in [0.29, 0.717) is 5.92 Å². The maximum absolute atomic E-state index is 12.2. The molecule has 0 aromatic heterocycles. The van der Waals surface area contributed by atoms with Crippen LogP contribution >= 0.6 is 15.9 Å². The van der Waals surface area contributed by atoms with E-state index in [0.717, 1.165) is 30.3 Å². The quantitative estimate of drug-likeness (QED) is 0.714. The number of hydrogen-bond donors (Lipinski definition) is 1. The zero-order valence-electron chi connectivity index (χ0n) is 13.0. The molecular weight excluding hydrogens is 314 g/mol.